The number of aliphatic hydroxyl groups excluding tert-OH is 1. The molecule has 14 heavy (non-hydrogen) atoms. The quantitative estimate of drug-likeness (QED) is 0.617. The van der Waals surface area contributed by atoms with Gasteiger partial charge in [-0.2, -0.15) is 0 Å². The highest BCUT2D eigenvalue weighted by molar-refractivity contribution is 4.89. The SMILES string of the molecule is COCC(C)OC(CO)C(N)C1CC1. The summed E-state index contributed by atoms with van der Waals surface area (Å²) >= 11 is 0. The molecule has 1 rings (SSSR count). The molecule has 0 spiro atoms. The van der Waals surface area contributed by atoms with E-state index in [1.54, 1.807) is 7.11 Å². The van der Waals surface area contributed by atoms with E-state index < -0.39 is 0 Å². The van der Waals surface area contributed by atoms with Gasteiger partial charge in [0.05, 0.1) is 25.4 Å². The summed E-state index contributed by atoms with van der Waals surface area (Å²) in [6, 6.07) is -0.0284. The van der Waals surface area contributed by atoms with Crippen LogP contribution in [0.2, 0.25) is 0 Å². The third-order valence-corrected chi connectivity index (χ3v) is 2.58. The van der Waals surface area contributed by atoms with Crippen molar-refractivity contribution in [1.82, 2.24) is 0 Å². The summed E-state index contributed by atoms with van der Waals surface area (Å²) in [5.41, 5.74) is 5.95. The van der Waals surface area contributed by atoms with Crippen molar-refractivity contribution in [2.45, 2.75) is 38.0 Å². The minimum absolute atomic E-state index is 0.00821. The van der Waals surface area contributed by atoms with Crippen LogP contribution in [-0.4, -0.2) is 43.7 Å². The molecule has 3 atom stereocenters. The highest BCUT2D eigenvalue weighted by Crippen LogP contribution is 2.33. The Morgan fingerprint density at radius 1 is 1.50 bits per heavy atom. The third kappa shape index (κ3) is 3.53. The number of hydrogen-bond acceptors (Lipinski definition) is 4. The van der Waals surface area contributed by atoms with Crippen molar-refractivity contribution in [3.05, 3.63) is 0 Å². The zero-order chi connectivity index (χ0) is 10.6. The van der Waals surface area contributed by atoms with Gasteiger partial charge in [0.1, 0.15) is 0 Å². The topological polar surface area (TPSA) is 64.7 Å². The molecule has 1 saturated carbocycles. The van der Waals surface area contributed by atoms with Crippen molar-refractivity contribution in [3.8, 4) is 0 Å². The lowest BCUT2D eigenvalue weighted by Gasteiger charge is -2.25. The smallest absolute Gasteiger partial charge is 0.0963 e. The maximum absolute atomic E-state index is 9.14. The molecular formula is C10H21NO3. The first kappa shape index (κ1) is 11.9. The Morgan fingerprint density at radius 3 is 2.57 bits per heavy atom. The Morgan fingerprint density at radius 2 is 2.14 bits per heavy atom. The molecule has 4 heteroatoms. The molecule has 0 aromatic heterocycles. The molecule has 1 aliphatic rings. The zero-order valence-corrected chi connectivity index (χ0v) is 8.98. The van der Waals surface area contributed by atoms with Crippen LogP contribution in [0.5, 0.6) is 0 Å². The van der Waals surface area contributed by atoms with Gasteiger partial charge in [-0.25, -0.2) is 0 Å². The normalized spacial score (nSPS) is 23.1. The lowest BCUT2D eigenvalue weighted by molar-refractivity contribution is -0.0709. The van der Waals surface area contributed by atoms with E-state index in [4.69, 9.17) is 20.3 Å². The van der Waals surface area contributed by atoms with E-state index in [2.05, 4.69) is 0 Å². The van der Waals surface area contributed by atoms with Gasteiger partial charge >= 0.3 is 0 Å². The summed E-state index contributed by atoms with van der Waals surface area (Å²) in [7, 11) is 1.63. The summed E-state index contributed by atoms with van der Waals surface area (Å²) in [6.45, 7) is 2.45. The highest BCUT2D eigenvalue weighted by Gasteiger charge is 2.34. The second-order valence-electron chi connectivity index (χ2n) is 4.04. The number of nitrogens with two attached hydrogens (primary N) is 1. The van der Waals surface area contributed by atoms with Crippen molar-refractivity contribution in [1.29, 1.82) is 0 Å². The first-order valence-corrected chi connectivity index (χ1v) is 5.19. The van der Waals surface area contributed by atoms with Gasteiger partial charge in [-0.15, -0.1) is 0 Å². The largest absolute Gasteiger partial charge is 0.394 e. The predicted molar refractivity (Wildman–Crippen MR) is 54.0 cm³/mol. The molecule has 0 radical (unpaired) electrons. The van der Waals surface area contributed by atoms with Crippen molar-refractivity contribution in [2.24, 2.45) is 11.7 Å². The van der Waals surface area contributed by atoms with Crippen molar-refractivity contribution in [2.75, 3.05) is 20.3 Å². The first-order chi connectivity index (χ1) is 6.69. The van der Waals surface area contributed by atoms with E-state index in [1.807, 2.05) is 6.92 Å². The van der Waals surface area contributed by atoms with Crippen LogP contribution >= 0.6 is 0 Å². The van der Waals surface area contributed by atoms with Crippen LogP contribution in [0.3, 0.4) is 0 Å². The Bertz CT molecular complexity index is 161. The van der Waals surface area contributed by atoms with Crippen LogP contribution in [0.4, 0.5) is 0 Å². The molecule has 4 nitrogen and oxygen atoms in total. The molecule has 0 aromatic carbocycles. The molecular weight excluding hydrogens is 182 g/mol. The summed E-state index contributed by atoms with van der Waals surface area (Å²) in [4.78, 5) is 0. The molecule has 0 saturated heterocycles. The second kappa shape index (κ2) is 5.66. The number of ether oxygens (including phenoxy) is 2. The Hall–Kier alpha value is -0.160. The average molecular weight is 203 g/mol. The van der Waals surface area contributed by atoms with Gasteiger partial charge in [-0.3, -0.25) is 0 Å². The Labute approximate surface area is 85.4 Å². The van der Waals surface area contributed by atoms with E-state index in [9.17, 15) is 0 Å². The molecule has 1 fully saturated rings. The minimum Gasteiger partial charge on any atom is -0.394 e. The number of rotatable bonds is 7. The van der Waals surface area contributed by atoms with Gasteiger partial charge in [0.25, 0.3) is 0 Å². The van der Waals surface area contributed by atoms with Crippen molar-refractivity contribution < 1.29 is 14.6 Å². The summed E-state index contributed by atoms with van der Waals surface area (Å²) in [5, 5.41) is 9.14. The van der Waals surface area contributed by atoms with Crippen molar-refractivity contribution in [3.63, 3.8) is 0 Å². The molecule has 3 unspecified atom stereocenters. The van der Waals surface area contributed by atoms with E-state index in [1.165, 1.54) is 12.8 Å². The molecule has 0 aliphatic heterocycles. The molecule has 84 valence electrons. The lowest BCUT2D eigenvalue weighted by atomic mass is 10.1. The van der Waals surface area contributed by atoms with E-state index in [0.29, 0.717) is 12.5 Å². The van der Waals surface area contributed by atoms with Crippen molar-refractivity contribution >= 4 is 0 Å². The second-order valence-corrected chi connectivity index (χ2v) is 4.04. The lowest BCUT2D eigenvalue weighted by Crippen LogP contribution is -2.43. The van der Waals surface area contributed by atoms with Gasteiger partial charge in [-0.05, 0) is 25.7 Å². The standard InChI is InChI=1S/C10H21NO3/c1-7(6-13-2)14-9(5-12)10(11)8-3-4-8/h7-10,12H,3-6,11H2,1-2H3. The van der Waals surface area contributed by atoms with Crippen LogP contribution in [0.15, 0.2) is 0 Å². The maximum atomic E-state index is 9.14. The molecule has 0 bridgehead atoms. The van der Waals surface area contributed by atoms with Gasteiger partial charge in [0, 0.05) is 13.2 Å². The van der Waals surface area contributed by atoms with E-state index in [0.717, 1.165) is 0 Å². The summed E-state index contributed by atoms with van der Waals surface area (Å²) in [6.07, 6.45) is 2.08. The predicted octanol–water partition coefficient (Wildman–Crippen LogP) is 0.136. The van der Waals surface area contributed by atoms with Crippen LogP contribution < -0.4 is 5.73 Å². The zero-order valence-electron chi connectivity index (χ0n) is 8.98. The molecule has 0 heterocycles. The van der Waals surface area contributed by atoms with Crippen LogP contribution in [-0.2, 0) is 9.47 Å². The fourth-order valence-electron chi connectivity index (χ4n) is 1.61. The Balaban J connectivity index is 2.29. The Kier molecular flexibility index (Phi) is 4.81. The average Bonchev–Trinajstić information content (AvgIpc) is 2.96. The van der Waals surface area contributed by atoms with Gasteiger partial charge in [0.15, 0.2) is 0 Å². The fraction of sp³-hybridized carbons (Fsp3) is 1.00. The monoisotopic (exact) mass is 203 g/mol. The third-order valence-electron chi connectivity index (χ3n) is 2.58. The molecule has 3 N–H and O–H groups in total. The van der Waals surface area contributed by atoms with Crippen LogP contribution in [0.1, 0.15) is 19.8 Å². The van der Waals surface area contributed by atoms with Crippen LogP contribution in [0, 0.1) is 5.92 Å². The minimum atomic E-state index is -0.243. The fourth-order valence-corrected chi connectivity index (χ4v) is 1.61. The number of methoxy groups -OCH3 is 1. The highest BCUT2D eigenvalue weighted by atomic mass is 16.5. The molecule has 0 amide bonds. The summed E-state index contributed by atoms with van der Waals surface area (Å²) in [5.74, 6) is 0.543. The maximum Gasteiger partial charge on any atom is 0.0963 e. The number of hydrogen-bond donors (Lipinski definition) is 2. The first-order valence-electron chi connectivity index (χ1n) is 5.19. The van der Waals surface area contributed by atoms with E-state index >= 15 is 0 Å². The van der Waals surface area contributed by atoms with E-state index in [-0.39, 0.29) is 24.9 Å². The molecule has 1 aliphatic carbocycles. The van der Waals surface area contributed by atoms with Gasteiger partial charge in [-0.1, -0.05) is 0 Å². The van der Waals surface area contributed by atoms with Gasteiger partial charge in [0.2, 0.25) is 0 Å². The van der Waals surface area contributed by atoms with Gasteiger partial charge < -0.3 is 20.3 Å². The number of aliphatic hydroxyl groups is 1. The summed E-state index contributed by atoms with van der Waals surface area (Å²) < 4.78 is 10.6. The van der Waals surface area contributed by atoms with Crippen LogP contribution in [0.25, 0.3) is 0 Å². The molecule has 0 aromatic rings.